The molecule has 0 heterocycles. The van der Waals surface area contributed by atoms with Crippen molar-refractivity contribution in [2.45, 2.75) is 6.04 Å². The van der Waals surface area contributed by atoms with Crippen molar-refractivity contribution in [3.8, 4) is 0 Å². The third-order valence-corrected chi connectivity index (χ3v) is 1.91. The van der Waals surface area contributed by atoms with Crippen LogP contribution < -0.4 is 11.5 Å². The molecule has 0 aromatic heterocycles. The van der Waals surface area contributed by atoms with Gasteiger partial charge in [-0.1, -0.05) is 0 Å². The summed E-state index contributed by atoms with van der Waals surface area (Å²) in [7, 11) is 0. The fraction of sp³-hybridized carbons (Fsp3) is 0.111. The van der Waals surface area contributed by atoms with Crippen molar-refractivity contribution in [1.29, 1.82) is 0 Å². The van der Waals surface area contributed by atoms with Gasteiger partial charge in [0.15, 0.2) is 23.5 Å². The molecule has 0 bridgehead atoms. The zero-order chi connectivity index (χ0) is 12.5. The summed E-state index contributed by atoms with van der Waals surface area (Å²) >= 11 is 0. The molecule has 0 fully saturated rings. The number of carbonyl (C=O) groups excluding carboxylic acids is 1. The summed E-state index contributed by atoms with van der Waals surface area (Å²) in [5, 5.41) is 8.47. The number of carbonyl (C=O) groups is 2. The van der Waals surface area contributed by atoms with Gasteiger partial charge in [-0.2, -0.15) is 0 Å². The Hall–Kier alpha value is -2.02. The maximum atomic E-state index is 12.8. The highest BCUT2D eigenvalue weighted by molar-refractivity contribution is 6.13. The van der Waals surface area contributed by atoms with Crippen LogP contribution in [0.15, 0.2) is 12.1 Å². The first-order chi connectivity index (χ1) is 7.34. The summed E-state index contributed by atoms with van der Waals surface area (Å²) in [5.41, 5.74) is 9.47. The van der Waals surface area contributed by atoms with Crippen molar-refractivity contribution >= 4 is 17.4 Å². The molecule has 1 aromatic carbocycles. The van der Waals surface area contributed by atoms with Crippen LogP contribution in [0.1, 0.15) is 10.4 Å². The van der Waals surface area contributed by atoms with Crippen LogP contribution >= 0.6 is 0 Å². The minimum Gasteiger partial charge on any atom is -0.480 e. The summed E-state index contributed by atoms with van der Waals surface area (Å²) < 4.78 is 25.5. The number of anilines is 1. The number of nitrogens with two attached hydrogens (primary N) is 2. The molecule has 0 spiro atoms. The molecule has 0 saturated heterocycles. The fourth-order valence-corrected chi connectivity index (χ4v) is 1.06. The Balaban J connectivity index is 3.19. The minimum atomic E-state index is -1.85. The molecule has 86 valence electrons. The van der Waals surface area contributed by atoms with Gasteiger partial charge >= 0.3 is 5.97 Å². The molecule has 7 heteroatoms. The molecule has 0 radical (unpaired) electrons. The molecule has 5 nitrogen and oxygen atoms in total. The van der Waals surface area contributed by atoms with Crippen molar-refractivity contribution in [3.05, 3.63) is 29.3 Å². The van der Waals surface area contributed by atoms with Crippen LogP contribution in [-0.4, -0.2) is 22.9 Å². The number of halogens is 2. The third-order valence-electron chi connectivity index (χ3n) is 1.91. The van der Waals surface area contributed by atoms with Gasteiger partial charge in [-0.25, -0.2) is 8.78 Å². The Morgan fingerprint density at radius 3 is 2.25 bits per heavy atom. The normalized spacial score (nSPS) is 12.2. The number of ketones is 1. The maximum Gasteiger partial charge on any atom is 0.328 e. The molecular weight excluding hydrogens is 222 g/mol. The minimum absolute atomic E-state index is 0.361. The number of carboxylic acid groups (broad SMARTS) is 1. The highest BCUT2D eigenvalue weighted by atomic mass is 19.2. The molecule has 0 saturated carbocycles. The highest BCUT2D eigenvalue weighted by Gasteiger charge is 2.25. The van der Waals surface area contributed by atoms with Crippen molar-refractivity contribution in [2.24, 2.45) is 5.73 Å². The summed E-state index contributed by atoms with van der Waals surface area (Å²) in [5.74, 6) is -5.17. The van der Waals surface area contributed by atoms with Crippen LogP contribution in [0.3, 0.4) is 0 Å². The SMILES string of the molecule is Nc1cc(F)c(F)cc1C(=O)C(N)C(=O)O. The van der Waals surface area contributed by atoms with E-state index in [1.807, 2.05) is 0 Å². The van der Waals surface area contributed by atoms with Gasteiger partial charge in [-0.15, -0.1) is 0 Å². The van der Waals surface area contributed by atoms with E-state index in [1.165, 1.54) is 0 Å². The summed E-state index contributed by atoms with van der Waals surface area (Å²) in [4.78, 5) is 21.8. The number of rotatable bonds is 3. The zero-order valence-corrected chi connectivity index (χ0v) is 7.91. The average Bonchev–Trinajstić information content (AvgIpc) is 2.21. The molecule has 0 aliphatic carbocycles. The predicted octanol–water partition coefficient (Wildman–Crippen LogP) is 0.142. The third kappa shape index (κ3) is 2.14. The van der Waals surface area contributed by atoms with Gasteiger partial charge in [0.2, 0.25) is 0 Å². The lowest BCUT2D eigenvalue weighted by Gasteiger charge is -2.08. The Morgan fingerprint density at radius 2 is 1.75 bits per heavy atom. The number of benzene rings is 1. The van der Waals surface area contributed by atoms with E-state index in [9.17, 15) is 18.4 Å². The topological polar surface area (TPSA) is 106 Å². The molecule has 1 unspecified atom stereocenters. The molecular formula is C9H8F2N2O3. The number of hydrogen-bond donors (Lipinski definition) is 3. The number of hydrogen-bond acceptors (Lipinski definition) is 4. The van der Waals surface area contributed by atoms with Crippen LogP contribution in [-0.2, 0) is 4.79 Å². The lowest BCUT2D eigenvalue weighted by atomic mass is 10.0. The predicted molar refractivity (Wildman–Crippen MR) is 50.7 cm³/mol. The van der Waals surface area contributed by atoms with E-state index in [1.54, 1.807) is 0 Å². The Kier molecular flexibility index (Phi) is 3.19. The van der Waals surface area contributed by atoms with Crippen LogP contribution in [0.2, 0.25) is 0 Å². The number of Topliss-reactive ketones (excluding diaryl/α,β-unsaturated/α-hetero) is 1. The monoisotopic (exact) mass is 230 g/mol. The van der Waals surface area contributed by atoms with Gasteiger partial charge in [0.05, 0.1) is 0 Å². The molecule has 16 heavy (non-hydrogen) atoms. The number of nitrogen functional groups attached to an aromatic ring is 1. The number of aliphatic carboxylic acids is 1. The first-order valence-corrected chi connectivity index (χ1v) is 4.11. The first-order valence-electron chi connectivity index (χ1n) is 4.11. The molecule has 5 N–H and O–H groups in total. The Bertz CT molecular complexity index is 462. The maximum absolute atomic E-state index is 12.8. The van der Waals surface area contributed by atoms with Gasteiger partial charge < -0.3 is 16.6 Å². The van der Waals surface area contributed by atoms with Crippen LogP contribution in [0, 0.1) is 11.6 Å². The van der Waals surface area contributed by atoms with Gasteiger partial charge in [0.25, 0.3) is 0 Å². The zero-order valence-electron chi connectivity index (χ0n) is 7.91. The smallest absolute Gasteiger partial charge is 0.328 e. The molecule has 1 rings (SSSR count). The summed E-state index contributed by atoms with van der Waals surface area (Å²) in [6.07, 6.45) is 0. The highest BCUT2D eigenvalue weighted by Crippen LogP contribution is 2.18. The summed E-state index contributed by atoms with van der Waals surface area (Å²) in [6, 6.07) is -0.736. The van der Waals surface area contributed by atoms with Gasteiger partial charge in [-0.05, 0) is 6.07 Å². The molecule has 1 atom stereocenters. The molecule has 0 aliphatic rings. The van der Waals surface area contributed by atoms with Crippen molar-refractivity contribution in [1.82, 2.24) is 0 Å². The van der Waals surface area contributed by atoms with Gasteiger partial charge in [-0.3, -0.25) is 9.59 Å². The van der Waals surface area contributed by atoms with Crippen LogP contribution in [0.5, 0.6) is 0 Å². The summed E-state index contributed by atoms with van der Waals surface area (Å²) in [6.45, 7) is 0. The van der Waals surface area contributed by atoms with E-state index in [2.05, 4.69) is 0 Å². The van der Waals surface area contributed by atoms with E-state index in [4.69, 9.17) is 16.6 Å². The lowest BCUT2D eigenvalue weighted by molar-refractivity contribution is -0.137. The Labute approximate surface area is 88.7 Å². The average molecular weight is 230 g/mol. The van der Waals surface area contributed by atoms with E-state index in [0.717, 1.165) is 0 Å². The fourth-order valence-electron chi connectivity index (χ4n) is 1.06. The standard InChI is InChI=1S/C9H8F2N2O3/c10-4-1-3(6(12)2-5(4)11)8(14)7(13)9(15)16/h1-2,7H,12-13H2,(H,15,16). The van der Waals surface area contributed by atoms with Crippen LogP contribution in [0.4, 0.5) is 14.5 Å². The van der Waals surface area contributed by atoms with E-state index in [0.29, 0.717) is 12.1 Å². The molecule has 0 aliphatic heterocycles. The lowest BCUT2D eigenvalue weighted by Crippen LogP contribution is -2.38. The first kappa shape index (κ1) is 12.1. The second-order valence-electron chi connectivity index (χ2n) is 3.03. The van der Waals surface area contributed by atoms with Crippen molar-refractivity contribution in [3.63, 3.8) is 0 Å². The van der Waals surface area contributed by atoms with E-state index in [-0.39, 0.29) is 5.69 Å². The molecule has 0 amide bonds. The van der Waals surface area contributed by atoms with E-state index >= 15 is 0 Å². The van der Waals surface area contributed by atoms with E-state index < -0.39 is 35.0 Å². The van der Waals surface area contributed by atoms with Crippen LogP contribution in [0.25, 0.3) is 0 Å². The molecule has 1 aromatic rings. The quantitative estimate of drug-likeness (QED) is 0.389. The second kappa shape index (κ2) is 4.23. The van der Waals surface area contributed by atoms with Gasteiger partial charge in [0.1, 0.15) is 0 Å². The Morgan fingerprint density at radius 1 is 1.25 bits per heavy atom. The van der Waals surface area contributed by atoms with Crippen molar-refractivity contribution in [2.75, 3.05) is 5.73 Å². The van der Waals surface area contributed by atoms with Crippen molar-refractivity contribution < 1.29 is 23.5 Å². The number of carboxylic acids is 1. The second-order valence-corrected chi connectivity index (χ2v) is 3.03. The van der Waals surface area contributed by atoms with Gasteiger partial charge in [0, 0.05) is 17.3 Å². The largest absolute Gasteiger partial charge is 0.480 e.